The van der Waals surface area contributed by atoms with Gasteiger partial charge in [-0.05, 0) is 18.1 Å². The van der Waals surface area contributed by atoms with E-state index in [9.17, 15) is 4.79 Å². The van der Waals surface area contributed by atoms with Crippen LogP contribution in [0.2, 0.25) is 0 Å². The van der Waals surface area contributed by atoms with Crippen LogP contribution in [0.15, 0.2) is 0 Å². The lowest BCUT2D eigenvalue weighted by Gasteiger charge is -2.06. The highest BCUT2D eigenvalue weighted by atomic mass is 32.1. The zero-order valence-electron chi connectivity index (χ0n) is 5.83. The molecule has 1 fully saturated rings. The van der Waals surface area contributed by atoms with Crippen molar-refractivity contribution in [1.82, 2.24) is 0 Å². The van der Waals surface area contributed by atoms with Gasteiger partial charge in [0.25, 0.3) is 0 Å². The van der Waals surface area contributed by atoms with Gasteiger partial charge >= 0.3 is 5.97 Å². The summed E-state index contributed by atoms with van der Waals surface area (Å²) in [6.45, 7) is 0. The Morgan fingerprint density at radius 1 is 2.00 bits per heavy atom. The molecule has 1 rings (SSSR count). The van der Waals surface area contributed by atoms with Crippen LogP contribution in [0.25, 0.3) is 0 Å². The van der Waals surface area contributed by atoms with E-state index in [2.05, 4.69) is 17.4 Å². The predicted molar refractivity (Wildman–Crippen MR) is 40.9 cm³/mol. The Hall–Kier alpha value is -0.220. The molecule has 10 heavy (non-hydrogen) atoms. The fourth-order valence-corrected chi connectivity index (χ4v) is 1.47. The van der Waals surface area contributed by atoms with Gasteiger partial charge < -0.3 is 10.5 Å². The molecule has 4 heteroatoms. The summed E-state index contributed by atoms with van der Waals surface area (Å²) in [5, 5.41) is 0. The highest BCUT2D eigenvalue weighted by molar-refractivity contribution is 7.80. The van der Waals surface area contributed by atoms with Crippen LogP contribution in [-0.4, -0.2) is 24.4 Å². The first-order valence-corrected chi connectivity index (χ1v) is 3.76. The summed E-state index contributed by atoms with van der Waals surface area (Å²) in [6, 6.07) is 0. The van der Waals surface area contributed by atoms with Gasteiger partial charge in [0.1, 0.15) is 5.54 Å². The molecule has 2 N–H and O–H groups in total. The van der Waals surface area contributed by atoms with Crippen LogP contribution in [0.3, 0.4) is 0 Å². The smallest absolute Gasteiger partial charge is 0.326 e. The van der Waals surface area contributed by atoms with E-state index < -0.39 is 5.54 Å². The highest BCUT2D eigenvalue weighted by Crippen LogP contribution is 2.42. The molecule has 0 aromatic carbocycles. The highest BCUT2D eigenvalue weighted by Gasteiger charge is 2.57. The van der Waals surface area contributed by atoms with Crippen LogP contribution in [0.1, 0.15) is 6.42 Å². The quantitative estimate of drug-likeness (QED) is 0.436. The number of carbonyl (C=O) groups excluding carboxylic acids is 1. The van der Waals surface area contributed by atoms with Crippen LogP contribution in [-0.2, 0) is 9.53 Å². The summed E-state index contributed by atoms with van der Waals surface area (Å²) in [5.74, 6) is 0.556. The lowest BCUT2D eigenvalue weighted by atomic mass is 10.2. The van der Waals surface area contributed by atoms with E-state index in [0.29, 0.717) is 12.2 Å². The van der Waals surface area contributed by atoms with E-state index in [4.69, 9.17) is 5.73 Å². The number of thiol groups is 1. The van der Waals surface area contributed by atoms with Crippen LogP contribution < -0.4 is 5.73 Å². The third kappa shape index (κ3) is 1.01. The van der Waals surface area contributed by atoms with Crippen molar-refractivity contribution in [3.05, 3.63) is 0 Å². The number of nitrogens with two attached hydrogens (primary N) is 1. The second kappa shape index (κ2) is 2.43. The van der Waals surface area contributed by atoms with Crippen molar-refractivity contribution in [3.63, 3.8) is 0 Å². The molecule has 1 aliphatic rings. The number of ether oxygens (including phenoxy) is 1. The molecule has 2 unspecified atom stereocenters. The van der Waals surface area contributed by atoms with Crippen LogP contribution in [0, 0.1) is 5.92 Å². The van der Waals surface area contributed by atoms with Gasteiger partial charge in [0.2, 0.25) is 0 Å². The minimum absolute atomic E-state index is 0.211. The largest absolute Gasteiger partial charge is 0.468 e. The first-order chi connectivity index (χ1) is 4.65. The Morgan fingerprint density at radius 3 is 2.90 bits per heavy atom. The molecular weight excluding hydrogens is 150 g/mol. The third-order valence-electron chi connectivity index (χ3n) is 1.94. The van der Waals surface area contributed by atoms with E-state index in [1.165, 1.54) is 7.11 Å². The van der Waals surface area contributed by atoms with Gasteiger partial charge in [-0.2, -0.15) is 12.6 Å². The maximum atomic E-state index is 10.9. The number of methoxy groups -OCH3 is 1. The summed E-state index contributed by atoms with van der Waals surface area (Å²) >= 11 is 4.04. The van der Waals surface area contributed by atoms with Gasteiger partial charge in [0, 0.05) is 0 Å². The second-order valence-corrected chi connectivity index (χ2v) is 2.98. The van der Waals surface area contributed by atoms with Gasteiger partial charge in [0.05, 0.1) is 7.11 Å². The first kappa shape index (κ1) is 7.88. The van der Waals surface area contributed by atoms with Crippen molar-refractivity contribution in [3.8, 4) is 0 Å². The van der Waals surface area contributed by atoms with E-state index in [1.54, 1.807) is 0 Å². The molecule has 1 saturated carbocycles. The van der Waals surface area contributed by atoms with Crippen LogP contribution in [0.5, 0.6) is 0 Å². The molecule has 58 valence electrons. The molecule has 3 nitrogen and oxygen atoms in total. The monoisotopic (exact) mass is 161 g/mol. The minimum atomic E-state index is -0.712. The molecule has 0 spiro atoms. The molecule has 0 saturated heterocycles. The van der Waals surface area contributed by atoms with Crippen molar-refractivity contribution in [2.45, 2.75) is 12.0 Å². The maximum Gasteiger partial charge on any atom is 0.326 e. The molecule has 0 aliphatic heterocycles. The Balaban J connectivity index is 2.50. The Kier molecular flexibility index (Phi) is 1.92. The molecule has 0 radical (unpaired) electrons. The molecule has 0 heterocycles. The zero-order valence-corrected chi connectivity index (χ0v) is 6.73. The summed E-state index contributed by atoms with van der Waals surface area (Å²) in [6.07, 6.45) is 0.711. The number of hydrogen-bond acceptors (Lipinski definition) is 4. The van der Waals surface area contributed by atoms with Gasteiger partial charge in [-0.1, -0.05) is 0 Å². The van der Waals surface area contributed by atoms with Crippen molar-refractivity contribution in [2.24, 2.45) is 11.7 Å². The average molecular weight is 161 g/mol. The van der Waals surface area contributed by atoms with E-state index in [0.717, 1.165) is 0 Å². The summed E-state index contributed by atoms with van der Waals surface area (Å²) in [4.78, 5) is 10.9. The van der Waals surface area contributed by atoms with Gasteiger partial charge in [0.15, 0.2) is 0 Å². The number of esters is 1. The van der Waals surface area contributed by atoms with Crippen molar-refractivity contribution in [2.75, 3.05) is 12.9 Å². The molecule has 0 bridgehead atoms. The topological polar surface area (TPSA) is 52.3 Å². The lowest BCUT2D eigenvalue weighted by Crippen LogP contribution is -2.36. The van der Waals surface area contributed by atoms with Crippen molar-refractivity contribution in [1.29, 1.82) is 0 Å². The molecular formula is C6H11NO2S. The average Bonchev–Trinajstić information content (AvgIpc) is 2.61. The molecule has 2 atom stereocenters. The number of rotatable bonds is 2. The fourth-order valence-electron chi connectivity index (χ4n) is 1.02. The molecule has 1 aliphatic carbocycles. The van der Waals surface area contributed by atoms with E-state index >= 15 is 0 Å². The Morgan fingerprint density at radius 2 is 2.60 bits per heavy atom. The van der Waals surface area contributed by atoms with E-state index in [-0.39, 0.29) is 11.9 Å². The minimum Gasteiger partial charge on any atom is -0.468 e. The number of hydrogen-bond donors (Lipinski definition) is 2. The maximum absolute atomic E-state index is 10.9. The standard InChI is InChI=1S/C6H11NO2S/c1-9-5(8)6(7)2-4(6)3-10/h4,10H,2-3,7H2,1H3. The summed E-state index contributed by atoms with van der Waals surface area (Å²) < 4.78 is 4.51. The van der Waals surface area contributed by atoms with Gasteiger partial charge in [-0.3, -0.25) is 4.79 Å². The molecule has 0 aromatic rings. The second-order valence-electron chi connectivity index (χ2n) is 2.62. The SMILES string of the molecule is COC(=O)C1(N)CC1CS. The summed E-state index contributed by atoms with van der Waals surface area (Å²) in [5.41, 5.74) is 4.92. The Labute approximate surface area is 65.3 Å². The van der Waals surface area contributed by atoms with E-state index in [1.807, 2.05) is 0 Å². The van der Waals surface area contributed by atoms with Gasteiger partial charge in [-0.25, -0.2) is 0 Å². The molecule has 0 amide bonds. The first-order valence-electron chi connectivity index (χ1n) is 3.13. The third-order valence-corrected chi connectivity index (χ3v) is 2.38. The number of carbonyl (C=O) groups is 1. The van der Waals surface area contributed by atoms with Crippen molar-refractivity contribution >= 4 is 18.6 Å². The predicted octanol–water partition coefficient (Wildman–Crippen LogP) is -0.193. The normalized spacial score (nSPS) is 37.3. The van der Waals surface area contributed by atoms with Crippen molar-refractivity contribution < 1.29 is 9.53 Å². The fraction of sp³-hybridized carbons (Fsp3) is 0.833. The van der Waals surface area contributed by atoms with Crippen LogP contribution >= 0.6 is 12.6 Å². The summed E-state index contributed by atoms with van der Waals surface area (Å²) in [7, 11) is 1.35. The van der Waals surface area contributed by atoms with Gasteiger partial charge in [-0.15, -0.1) is 0 Å². The zero-order chi connectivity index (χ0) is 7.78. The molecule has 0 aromatic heterocycles. The van der Waals surface area contributed by atoms with Crippen LogP contribution in [0.4, 0.5) is 0 Å². The lowest BCUT2D eigenvalue weighted by molar-refractivity contribution is -0.143. The Bertz CT molecular complexity index is 162.